The van der Waals surface area contributed by atoms with Crippen molar-refractivity contribution in [1.82, 2.24) is 15.6 Å². The van der Waals surface area contributed by atoms with E-state index >= 15 is 0 Å². The van der Waals surface area contributed by atoms with Gasteiger partial charge in [-0.05, 0) is 35.4 Å². The molecule has 2 aromatic carbocycles. The monoisotopic (exact) mass is 500 g/mol. The van der Waals surface area contributed by atoms with E-state index in [0.29, 0.717) is 18.1 Å². The van der Waals surface area contributed by atoms with Gasteiger partial charge in [0.1, 0.15) is 0 Å². The maximum atomic E-state index is 12.8. The Hall–Kier alpha value is -2.36. The minimum absolute atomic E-state index is 0. The number of pyridine rings is 1. The summed E-state index contributed by atoms with van der Waals surface area (Å²) in [4.78, 5) is 8.45. The summed E-state index contributed by atoms with van der Waals surface area (Å²) < 4.78 is 38.4. The molecule has 8 heteroatoms. The highest BCUT2D eigenvalue weighted by molar-refractivity contribution is 14.0. The molecule has 0 aliphatic heterocycles. The standard InChI is InChI=1S/C20H19F3N4.HI/c1-24-19(26-12-14-5-4-6-16(11-14)20(21,22)23)27-13-15-9-10-25-18-8-3-2-7-17(15)18;/h2-11H,12-13H2,1H3,(H2,24,26,27);1H. The van der Waals surface area contributed by atoms with Crippen LogP contribution in [-0.2, 0) is 19.3 Å². The van der Waals surface area contributed by atoms with Crippen molar-refractivity contribution in [1.29, 1.82) is 0 Å². The highest BCUT2D eigenvalue weighted by atomic mass is 127. The second-order valence-electron chi connectivity index (χ2n) is 5.96. The molecule has 1 aromatic heterocycles. The van der Waals surface area contributed by atoms with E-state index in [0.717, 1.165) is 28.6 Å². The van der Waals surface area contributed by atoms with Crippen molar-refractivity contribution in [3.05, 3.63) is 77.5 Å². The first kappa shape index (κ1) is 21.9. The van der Waals surface area contributed by atoms with Gasteiger partial charge in [0, 0.05) is 31.7 Å². The van der Waals surface area contributed by atoms with Crippen LogP contribution in [0.25, 0.3) is 10.9 Å². The largest absolute Gasteiger partial charge is 0.416 e. The minimum atomic E-state index is -4.35. The summed E-state index contributed by atoms with van der Waals surface area (Å²) in [6.45, 7) is 0.756. The Balaban J connectivity index is 0.00000280. The number of para-hydroxylation sites is 1. The highest BCUT2D eigenvalue weighted by Gasteiger charge is 2.30. The molecule has 4 nitrogen and oxygen atoms in total. The molecule has 1 heterocycles. The number of aromatic nitrogens is 1. The summed E-state index contributed by atoms with van der Waals surface area (Å²) >= 11 is 0. The molecule has 0 amide bonds. The van der Waals surface area contributed by atoms with Crippen LogP contribution in [0.5, 0.6) is 0 Å². The zero-order valence-corrected chi connectivity index (χ0v) is 17.5. The number of aliphatic imine (C=N–C) groups is 1. The van der Waals surface area contributed by atoms with Crippen LogP contribution in [0.2, 0.25) is 0 Å². The minimum Gasteiger partial charge on any atom is -0.352 e. The normalized spacial score (nSPS) is 11.8. The fourth-order valence-corrected chi connectivity index (χ4v) is 2.75. The molecule has 148 valence electrons. The molecule has 0 atom stereocenters. The molecule has 0 radical (unpaired) electrons. The van der Waals surface area contributed by atoms with Crippen molar-refractivity contribution in [3.8, 4) is 0 Å². The van der Waals surface area contributed by atoms with E-state index in [4.69, 9.17) is 0 Å². The highest BCUT2D eigenvalue weighted by Crippen LogP contribution is 2.29. The number of nitrogens with zero attached hydrogens (tertiary/aromatic N) is 2. The van der Waals surface area contributed by atoms with Crippen molar-refractivity contribution in [2.45, 2.75) is 19.3 Å². The van der Waals surface area contributed by atoms with Crippen LogP contribution in [0.15, 0.2) is 65.8 Å². The Morgan fingerprint density at radius 2 is 1.75 bits per heavy atom. The van der Waals surface area contributed by atoms with Gasteiger partial charge in [0.25, 0.3) is 0 Å². The molecule has 0 fully saturated rings. The number of benzene rings is 2. The molecule has 0 unspecified atom stereocenters. The predicted molar refractivity (Wildman–Crippen MR) is 116 cm³/mol. The van der Waals surface area contributed by atoms with E-state index in [-0.39, 0.29) is 30.5 Å². The molecule has 0 bridgehead atoms. The van der Waals surface area contributed by atoms with Crippen LogP contribution in [0.1, 0.15) is 16.7 Å². The van der Waals surface area contributed by atoms with E-state index in [1.54, 1.807) is 19.3 Å². The maximum Gasteiger partial charge on any atom is 0.416 e. The summed E-state index contributed by atoms with van der Waals surface area (Å²) in [7, 11) is 1.62. The average molecular weight is 500 g/mol. The summed E-state index contributed by atoms with van der Waals surface area (Å²) in [5.74, 6) is 0.508. The number of guanidine groups is 1. The Kier molecular flexibility index (Phi) is 7.61. The average Bonchev–Trinajstić information content (AvgIpc) is 2.68. The predicted octanol–water partition coefficient (Wildman–Crippen LogP) is 4.74. The van der Waals surface area contributed by atoms with E-state index in [9.17, 15) is 13.2 Å². The first-order chi connectivity index (χ1) is 13.0. The molecular formula is C20H20F3IN4. The number of nitrogens with one attached hydrogen (secondary N) is 2. The molecule has 0 spiro atoms. The van der Waals surface area contributed by atoms with E-state index in [2.05, 4.69) is 20.6 Å². The topological polar surface area (TPSA) is 49.3 Å². The van der Waals surface area contributed by atoms with Crippen LogP contribution < -0.4 is 10.6 Å². The zero-order valence-electron chi connectivity index (χ0n) is 15.1. The SMILES string of the molecule is CN=C(NCc1cccc(C(F)(F)F)c1)NCc1ccnc2ccccc12.I. The van der Waals surface area contributed by atoms with E-state index in [1.165, 1.54) is 6.07 Å². The lowest BCUT2D eigenvalue weighted by atomic mass is 10.1. The Labute approximate surface area is 178 Å². The molecule has 0 saturated heterocycles. The Bertz CT molecular complexity index is 952. The number of rotatable bonds is 4. The molecule has 3 rings (SSSR count). The van der Waals surface area contributed by atoms with Crippen molar-refractivity contribution in [2.75, 3.05) is 7.05 Å². The number of hydrogen-bond donors (Lipinski definition) is 2. The first-order valence-corrected chi connectivity index (χ1v) is 8.40. The third-order valence-corrected chi connectivity index (χ3v) is 4.12. The molecule has 0 aliphatic carbocycles. The van der Waals surface area contributed by atoms with Crippen LogP contribution in [0.4, 0.5) is 13.2 Å². The molecule has 28 heavy (non-hydrogen) atoms. The lowest BCUT2D eigenvalue weighted by molar-refractivity contribution is -0.137. The van der Waals surface area contributed by atoms with Gasteiger partial charge >= 0.3 is 6.18 Å². The Morgan fingerprint density at radius 3 is 2.50 bits per heavy atom. The van der Waals surface area contributed by atoms with Crippen molar-refractivity contribution >= 4 is 40.8 Å². The number of halogens is 4. The number of fused-ring (bicyclic) bond motifs is 1. The van der Waals surface area contributed by atoms with E-state index < -0.39 is 11.7 Å². The molecule has 0 saturated carbocycles. The summed E-state index contributed by atoms with van der Waals surface area (Å²) in [6.07, 6.45) is -2.60. The van der Waals surface area contributed by atoms with Gasteiger partial charge in [-0.1, -0.05) is 30.3 Å². The summed E-state index contributed by atoms with van der Waals surface area (Å²) in [5.41, 5.74) is 1.83. The van der Waals surface area contributed by atoms with Crippen molar-refractivity contribution in [3.63, 3.8) is 0 Å². The molecule has 0 aliphatic rings. The zero-order chi connectivity index (χ0) is 19.3. The van der Waals surface area contributed by atoms with Crippen LogP contribution in [-0.4, -0.2) is 18.0 Å². The van der Waals surface area contributed by atoms with Gasteiger partial charge in [0.05, 0.1) is 11.1 Å². The van der Waals surface area contributed by atoms with Gasteiger partial charge in [-0.15, -0.1) is 24.0 Å². The molecule has 2 N–H and O–H groups in total. The quantitative estimate of drug-likeness (QED) is 0.309. The summed E-state index contributed by atoms with van der Waals surface area (Å²) in [5, 5.41) is 7.26. The third kappa shape index (κ3) is 5.57. The second kappa shape index (κ2) is 9.72. The number of hydrogen-bond acceptors (Lipinski definition) is 2. The smallest absolute Gasteiger partial charge is 0.352 e. The van der Waals surface area contributed by atoms with Gasteiger partial charge in [-0.3, -0.25) is 9.98 Å². The van der Waals surface area contributed by atoms with Crippen molar-refractivity contribution < 1.29 is 13.2 Å². The third-order valence-electron chi connectivity index (χ3n) is 4.12. The summed E-state index contributed by atoms with van der Waals surface area (Å²) in [6, 6.07) is 15.0. The van der Waals surface area contributed by atoms with Gasteiger partial charge in [-0.25, -0.2) is 0 Å². The first-order valence-electron chi connectivity index (χ1n) is 8.40. The van der Waals surface area contributed by atoms with Gasteiger partial charge in [0.15, 0.2) is 5.96 Å². The number of alkyl halides is 3. The molecule has 3 aromatic rings. The van der Waals surface area contributed by atoms with Gasteiger partial charge in [-0.2, -0.15) is 13.2 Å². The van der Waals surface area contributed by atoms with Crippen molar-refractivity contribution in [2.24, 2.45) is 4.99 Å². The van der Waals surface area contributed by atoms with Crippen LogP contribution in [0.3, 0.4) is 0 Å². The Morgan fingerprint density at radius 1 is 1.00 bits per heavy atom. The lowest BCUT2D eigenvalue weighted by Crippen LogP contribution is -2.36. The molecular weight excluding hydrogens is 480 g/mol. The van der Waals surface area contributed by atoms with E-state index in [1.807, 2.05) is 30.3 Å². The van der Waals surface area contributed by atoms with Gasteiger partial charge in [0.2, 0.25) is 0 Å². The second-order valence-corrected chi connectivity index (χ2v) is 5.96. The lowest BCUT2D eigenvalue weighted by Gasteiger charge is -2.14. The van der Waals surface area contributed by atoms with Crippen LogP contribution in [0, 0.1) is 0 Å². The maximum absolute atomic E-state index is 12.8. The fourth-order valence-electron chi connectivity index (χ4n) is 2.75. The fraction of sp³-hybridized carbons (Fsp3) is 0.200. The van der Waals surface area contributed by atoms with Crippen LogP contribution >= 0.6 is 24.0 Å². The van der Waals surface area contributed by atoms with Gasteiger partial charge < -0.3 is 10.6 Å².